The van der Waals surface area contributed by atoms with E-state index in [-0.39, 0.29) is 55.0 Å². The van der Waals surface area contributed by atoms with E-state index in [4.69, 9.17) is 18.9 Å². The van der Waals surface area contributed by atoms with Gasteiger partial charge < -0.3 is 18.9 Å². The minimum absolute atomic E-state index is 0.0492. The zero-order chi connectivity index (χ0) is 35.3. The number of imide groups is 1. The predicted molar refractivity (Wildman–Crippen MR) is 180 cm³/mol. The Kier molecular flexibility index (Phi) is 18.3. The monoisotopic (exact) mass is 667 g/mol. The summed E-state index contributed by atoms with van der Waals surface area (Å²) in [5.41, 5.74) is 0.393. The van der Waals surface area contributed by atoms with E-state index in [1.54, 1.807) is 18.2 Å². The average molecular weight is 668 g/mol. The second-order valence-electron chi connectivity index (χ2n) is 11.5. The number of methoxy groups -OCH3 is 1. The van der Waals surface area contributed by atoms with Crippen LogP contribution in [0, 0.1) is 11.8 Å². The van der Waals surface area contributed by atoms with Crippen molar-refractivity contribution in [3.63, 3.8) is 0 Å². The Morgan fingerprint density at radius 3 is 2.31 bits per heavy atom. The van der Waals surface area contributed by atoms with Crippen molar-refractivity contribution >= 4 is 41.4 Å². The van der Waals surface area contributed by atoms with Gasteiger partial charge in [0.1, 0.15) is 13.2 Å². The number of benzene rings is 1. The molecule has 2 amide bonds. The lowest BCUT2D eigenvalue weighted by atomic mass is 9.85. The van der Waals surface area contributed by atoms with Crippen molar-refractivity contribution in [3.05, 3.63) is 66.3 Å². The van der Waals surface area contributed by atoms with E-state index in [0.717, 1.165) is 43.4 Å². The molecule has 0 aliphatic carbocycles. The number of carbonyl (C=O) groups excluding carboxylic acids is 6. The summed E-state index contributed by atoms with van der Waals surface area (Å²) < 4.78 is 19.9. The molecule has 0 bridgehead atoms. The normalized spacial score (nSPS) is 16.1. The van der Waals surface area contributed by atoms with Gasteiger partial charge in [-0.2, -0.15) is 0 Å². The minimum Gasteiger partial charge on any atom is -0.465 e. The van der Waals surface area contributed by atoms with Crippen molar-refractivity contribution in [2.24, 2.45) is 11.8 Å². The molecule has 1 aromatic rings. The molecular weight excluding hydrogens is 618 g/mol. The molecule has 0 radical (unpaired) electrons. The zero-order valence-corrected chi connectivity index (χ0v) is 28.5. The second-order valence-corrected chi connectivity index (χ2v) is 11.5. The Morgan fingerprint density at radius 2 is 1.60 bits per heavy atom. The summed E-state index contributed by atoms with van der Waals surface area (Å²) in [6.07, 6.45) is 17.9. The maximum absolute atomic E-state index is 13.7. The number of hydrogen-bond acceptors (Lipinski definition) is 10. The molecule has 1 fully saturated rings. The molecule has 2 rings (SSSR count). The summed E-state index contributed by atoms with van der Waals surface area (Å²) in [5, 5.41) is 0. The summed E-state index contributed by atoms with van der Waals surface area (Å²) >= 11 is 0. The van der Waals surface area contributed by atoms with Crippen LogP contribution in [0.5, 0.6) is 0 Å². The van der Waals surface area contributed by atoms with Crippen LogP contribution in [0.4, 0.5) is 5.69 Å². The topological polar surface area (TPSA) is 143 Å². The van der Waals surface area contributed by atoms with Crippen LogP contribution >= 0.6 is 0 Å². The maximum Gasteiger partial charge on any atom is 0.339 e. The number of amides is 2. The van der Waals surface area contributed by atoms with Crippen LogP contribution < -0.4 is 4.90 Å². The summed E-state index contributed by atoms with van der Waals surface area (Å²) in [6, 6.07) is 6.45. The van der Waals surface area contributed by atoms with Gasteiger partial charge in [0.15, 0.2) is 6.10 Å². The first-order valence-corrected chi connectivity index (χ1v) is 16.6. The van der Waals surface area contributed by atoms with E-state index in [9.17, 15) is 28.8 Å². The third kappa shape index (κ3) is 14.1. The van der Waals surface area contributed by atoms with Gasteiger partial charge in [-0.05, 0) is 43.7 Å². The van der Waals surface area contributed by atoms with Crippen LogP contribution in [0.3, 0.4) is 0 Å². The molecule has 48 heavy (non-hydrogen) atoms. The first-order chi connectivity index (χ1) is 23.1. The summed E-state index contributed by atoms with van der Waals surface area (Å²) in [5.74, 6) is -3.56. The molecule has 1 heterocycles. The van der Waals surface area contributed by atoms with E-state index >= 15 is 0 Å². The lowest BCUT2D eigenvalue weighted by molar-refractivity contribution is -0.164. The molecule has 11 nitrogen and oxygen atoms in total. The van der Waals surface area contributed by atoms with Crippen molar-refractivity contribution in [2.75, 3.05) is 25.2 Å². The third-order valence-corrected chi connectivity index (χ3v) is 7.68. The number of ether oxygens (including phenoxy) is 4. The molecule has 3 unspecified atom stereocenters. The number of esters is 4. The number of rotatable bonds is 21. The van der Waals surface area contributed by atoms with Gasteiger partial charge in [0.25, 0.3) is 0 Å². The summed E-state index contributed by atoms with van der Waals surface area (Å²) in [7, 11) is 1.26. The number of nitrogens with zero attached hydrogens (tertiary/aromatic N) is 1. The van der Waals surface area contributed by atoms with E-state index in [0.29, 0.717) is 12.8 Å². The van der Waals surface area contributed by atoms with Gasteiger partial charge in [0.05, 0.1) is 24.3 Å². The minimum atomic E-state index is -0.859. The Hall–Kier alpha value is -4.54. The molecule has 0 N–H and O–H groups in total. The van der Waals surface area contributed by atoms with Crippen LogP contribution in [0.2, 0.25) is 0 Å². The number of anilines is 1. The lowest BCUT2D eigenvalue weighted by Gasteiger charge is -2.21. The van der Waals surface area contributed by atoms with Gasteiger partial charge in [-0.25, -0.2) is 9.69 Å². The molecule has 0 aromatic heterocycles. The van der Waals surface area contributed by atoms with Gasteiger partial charge in [-0.15, -0.1) is 0 Å². The standard InChI is InChI=1S/C37H49NO10/c1-5-6-7-8-9-11-14-19-29(32-24-34(41)38(36(32)43)33-22-18-17-21-31(33)37(44)45-4)20-15-12-10-13-16-23-35(42)47-26-30(48-28(3)40)25-46-27(2)39/h6-7,9,11,14,17-19,21-22,29-30,32H,5,8,10,12-13,15-16,20,23-26H2,1-4H3/b7-6+,11-9+,19-14+. The summed E-state index contributed by atoms with van der Waals surface area (Å²) in [6.45, 7) is 4.14. The van der Waals surface area contributed by atoms with Crippen molar-refractivity contribution in [3.8, 4) is 0 Å². The van der Waals surface area contributed by atoms with Crippen LogP contribution in [-0.4, -0.2) is 62.1 Å². The zero-order valence-electron chi connectivity index (χ0n) is 28.5. The Balaban J connectivity index is 1.93. The first-order valence-electron chi connectivity index (χ1n) is 16.6. The van der Waals surface area contributed by atoms with Gasteiger partial charge in [-0.3, -0.25) is 24.0 Å². The fourth-order valence-corrected chi connectivity index (χ4v) is 5.33. The Labute approximate surface area is 283 Å². The highest BCUT2D eigenvalue weighted by Crippen LogP contribution is 2.36. The van der Waals surface area contributed by atoms with Gasteiger partial charge >= 0.3 is 23.9 Å². The van der Waals surface area contributed by atoms with Crippen LogP contribution in [0.15, 0.2) is 60.7 Å². The number of unbranched alkanes of at least 4 members (excludes halogenated alkanes) is 4. The van der Waals surface area contributed by atoms with Crippen molar-refractivity contribution in [1.29, 1.82) is 0 Å². The molecule has 1 aliphatic heterocycles. The summed E-state index contributed by atoms with van der Waals surface area (Å²) in [4.78, 5) is 74.8. The Morgan fingerprint density at radius 1 is 0.896 bits per heavy atom. The molecule has 11 heteroatoms. The molecule has 1 aliphatic rings. The van der Waals surface area contributed by atoms with E-state index in [1.807, 2.05) is 24.3 Å². The van der Waals surface area contributed by atoms with Crippen molar-refractivity contribution in [2.45, 2.75) is 91.1 Å². The van der Waals surface area contributed by atoms with E-state index in [1.165, 1.54) is 27.0 Å². The number of para-hydroxylation sites is 1. The largest absolute Gasteiger partial charge is 0.465 e. The van der Waals surface area contributed by atoms with E-state index < -0.39 is 35.9 Å². The van der Waals surface area contributed by atoms with Gasteiger partial charge in [-0.1, -0.05) is 81.2 Å². The lowest BCUT2D eigenvalue weighted by Crippen LogP contribution is -2.33. The van der Waals surface area contributed by atoms with Crippen molar-refractivity contribution in [1.82, 2.24) is 0 Å². The molecule has 1 aromatic carbocycles. The highest BCUT2D eigenvalue weighted by atomic mass is 16.6. The molecule has 1 saturated heterocycles. The Bertz CT molecular complexity index is 1330. The smallest absolute Gasteiger partial charge is 0.339 e. The molecule has 262 valence electrons. The molecular formula is C37H49NO10. The highest BCUT2D eigenvalue weighted by molar-refractivity contribution is 6.23. The molecule has 3 atom stereocenters. The number of carbonyl (C=O) groups is 6. The SMILES string of the molecule is CC/C=C/C/C=C/C=C/C(CCCCCCCC(=O)OCC(COC(C)=O)OC(C)=O)C1CC(=O)N(c2ccccc2C(=O)OC)C1=O. The maximum atomic E-state index is 13.7. The predicted octanol–water partition coefficient (Wildman–Crippen LogP) is 6.21. The van der Waals surface area contributed by atoms with E-state index in [2.05, 4.69) is 19.1 Å². The fourth-order valence-electron chi connectivity index (χ4n) is 5.33. The highest BCUT2D eigenvalue weighted by Gasteiger charge is 2.43. The first kappa shape index (κ1) is 39.6. The third-order valence-electron chi connectivity index (χ3n) is 7.68. The second kappa shape index (κ2) is 22.1. The van der Waals surface area contributed by atoms with Gasteiger partial charge in [0.2, 0.25) is 11.8 Å². The molecule has 0 spiro atoms. The van der Waals surface area contributed by atoms with Crippen LogP contribution in [-0.2, 0) is 42.9 Å². The number of hydrogen-bond donors (Lipinski definition) is 0. The van der Waals surface area contributed by atoms with Crippen molar-refractivity contribution < 1.29 is 47.7 Å². The van der Waals surface area contributed by atoms with Crippen LogP contribution in [0.25, 0.3) is 0 Å². The quantitative estimate of drug-likeness (QED) is 0.0371. The average Bonchev–Trinajstić information content (AvgIpc) is 3.36. The number of allylic oxidation sites excluding steroid dienone is 6. The van der Waals surface area contributed by atoms with Gasteiger partial charge in [0, 0.05) is 26.7 Å². The van der Waals surface area contributed by atoms with Crippen LogP contribution in [0.1, 0.15) is 95.3 Å². The fraction of sp³-hybridized carbons (Fsp3) is 0.514. The molecule has 0 saturated carbocycles.